The summed E-state index contributed by atoms with van der Waals surface area (Å²) in [6.45, 7) is 0. The van der Waals surface area contributed by atoms with Gasteiger partial charge in [-0.15, -0.1) is 0 Å². The molecule has 2 saturated heterocycles. The first-order valence-corrected chi connectivity index (χ1v) is 9.78. The SMILES string of the molecule is O=C1/C(=C\c2ccc(F)cc2)SC(=S)N1N1C(=O)[C@H]2[C@H](C1=O)[C@H]1C=C[C@H]2C1. The Morgan fingerprint density at radius 3 is 2.19 bits per heavy atom. The molecule has 4 aliphatic rings. The summed E-state index contributed by atoms with van der Waals surface area (Å²) in [6.07, 6.45) is 6.40. The number of imide groups is 1. The van der Waals surface area contributed by atoms with Gasteiger partial charge >= 0.3 is 0 Å². The minimum atomic E-state index is -0.503. The highest BCUT2D eigenvalue weighted by Gasteiger charge is 2.62. The Balaban J connectivity index is 1.45. The van der Waals surface area contributed by atoms with Gasteiger partial charge in [0.2, 0.25) is 0 Å². The predicted octanol–water partition coefficient (Wildman–Crippen LogP) is 2.75. The fourth-order valence-corrected chi connectivity index (χ4v) is 5.67. The molecule has 3 amide bonds. The molecular weight excluding hydrogens is 387 g/mol. The van der Waals surface area contributed by atoms with E-state index < -0.39 is 17.7 Å². The number of carbonyl (C=O) groups excluding carboxylic acids is 3. The van der Waals surface area contributed by atoms with Crippen molar-refractivity contribution in [3.05, 3.63) is 52.7 Å². The predicted molar refractivity (Wildman–Crippen MR) is 101 cm³/mol. The molecule has 2 heterocycles. The molecule has 2 aliphatic carbocycles. The Kier molecular flexibility index (Phi) is 3.64. The number of benzene rings is 1. The first-order chi connectivity index (χ1) is 13.0. The highest BCUT2D eigenvalue weighted by Crippen LogP contribution is 2.53. The maximum Gasteiger partial charge on any atom is 0.285 e. The van der Waals surface area contributed by atoms with Gasteiger partial charge in [0.25, 0.3) is 17.7 Å². The standard InChI is InChI=1S/C19H13FN2O3S2/c20-12-5-1-9(2-6-12)7-13-16(23)22(19(26)27-13)21-17(24)14-10-3-4-11(8-10)15(14)18(21)25/h1-7,10-11,14-15H,8H2/b13-7+/t10-,11-,14+,15+/m0/s1. The van der Waals surface area contributed by atoms with Gasteiger partial charge in [0.15, 0.2) is 4.32 Å². The molecule has 27 heavy (non-hydrogen) atoms. The number of amides is 3. The van der Waals surface area contributed by atoms with Crippen LogP contribution in [-0.2, 0) is 14.4 Å². The molecule has 0 N–H and O–H groups in total. The minimum Gasteiger partial charge on any atom is -0.272 e. The van der Waals surface area contributed by atoms with Crippen LogP contribution < -0.4 is 0 Å². The van der Waals surface area contributed by atoms with Crippen LogP contribution in [0.15, 0.2) is 41.3 Å². The van der Waals surface area contributed by atoms with E-state index in [0.29, 0.717) is 10.5 Å². The van der Waals surface area contributed by atoms with Crippen LogP contribution in [0.25, 0.3) is 6.08 Å². The van der Waals surface area contributed by atoms with Gasteiger partial charge in [-0.2, -0.15) is 10.0 Å². The van der Waals surface area contributed by atoms with Crippen molar-refractivity contribution in [2.24, 2.45) is 23.7 Å². The van der Waals surface area contributed by atoms with Crippen LogP contribution >= 0.6 is 24.0 Å². The molecule has 3 fully saturated rings. The van der Waals surface area contributed by atoms with E-state index in [-0.39, 0.29) is 33.8 Å². The lowest BCUT2D eigenvalue weighted by atomic mass is 9.85. The summed E-state index contributed by atoms with van der Waals surface area (Å²) in [5.41, 5.74) is 0.634. The monoisotopic (exact) mass is 400 g/mol. The van der Waals surface area contributed by atoms with Gasteiger partial charge in [-0.3, -0.25) is 14.4 Å². The number of thioether (sulfide) groups is 1. The second kappa shape index (κ2) is 5.84. The molecule has 5 nitrogen and oxygen atoms in total. The summed E-state index contributed by atoms with van der Waals surface area (Å²) >= 11 is 6.32. The second-order valence-electron chi connectivity index (χ2n) is 7.03. The Hall–Kier alpha value is -2.32. The number of fused-ring (bicyclic) bond motifs is 5. The number of nitrogens with zero attached hydrogens (tertiary/aromatic N) is 2. The van der Waals surface area contributed by atoms with E-state index in [4.69, 9.17) is 12.2 Å². The molecule has 0 aromatic heterocycles. The largest absolute Gasteiger partial charge is 0.285 e. The summed E-state index contributed by atoms with van der Waals surface area (Å²) in [6, 6.07) is 5.68. The van der Waals surface area contributed by atoms with Crippen LogP contribution in [0.4, 0.5) is 4.39 Å². The quantitative estimate of drug-likeness (QED) is 0.331. The molecule has 1 saturated carbocycles. The lowest BCUT2D eigenvalue weighted by Crippen LogP contribution is -2.49. The maximum atomic E-state index is 13.1. The Morgan fingerprint density at radius 1 is 1.00 bits per heavy atom. The smallest absolute Gasteiger partial charge is 0.272 e. The van der Waals surface area contributed by atoms with E-state index in [0.717, 1.165) is 28.2 Å². The van der Waals surface area contributed by atoms with E-state index in [1.54, 1.807) is 18.2 Å². The van der Waals surface area contributed by atoms with Crippen molar-refractivity contribution in [2.75, 3.05) is 0 Å². The number of halogens is 1. The van der Waals surface area contributed by atoms with Crippen molar-refractivity contribution in [1.82, 2.24) is 10.0 Å². The molecule has 2 aliphatic heterocycles. The third-order valence-corrected chi connectivity index (χ3v) is 6.87. The van der Waals surface area contributed by atoms with Crippen molar-refractivity contribution >= 4 is 52.1 Å². The Labute approximate surface area is 163 Å². The van der Waals surface area contributed by atoms with Crippen LogP contribution in [0.2, 0.25) is 0 Å². The zero-order chi connectivity index (χ0) is 18.9. The average molecular weight is 400 g/mol. The van der Waals surface area contributed by atoms with Crippen LogP contribution in [0, 0.1) is 29.5 Å². The van der Waals surface area contributed by atoms with Crippen LogP contribution in [0.3, 0.4) is 0 Å². The van der Waals surface area contributed by atoms with Gasteiger partial charge in [0, 0.05) is 0 Å². The lowest BCUT2D eigenvalue weighted by molar-refractivity contribution is -0.159. The maximum absolute atomic E-state index is 13.1. The second-order valence-corrected chi connectivity index (χ2v) is 8.71. The Morgan fingerprint density at radius 2 is 1.59 bits per heavy atom. The van der Waals surface area contributed by atoms with E-state index in [1.807, 2.05) is 12.2 Å². The van der Waals surface area contributed by atoms with Crippen LogP contribution in [-0.4, -0.2) is 32.1 Å². The highest BCUT2D eigenvalue weighted by atomic mass is 32.2. The number of hydrogen-bond acceptors (Lipinski definition) is 5. The summed E-state index contributed by atoms with van der Waals surface area (Å²) in [4.78, 5) is 39.0. The van der Waals surface area contributed by atoms with Gasteiger partial charge in [0.05, 0.1) is 16.7 Å². The van der Waals surface area contributed by atoms with E-state index in [1.165, 1.54) is 12.1 Å². The van der Waals surface area contributed by atoms with Gasteiger partial charge in [-0.25, -0.2) is 4.39 Å². The van der Waals surface area contributed by atoms with Crippen molar-refractivity contribution < 1.29 is 18.8 Å². The van der Waals surface area contributed by atoms with E-state index >= 15 is 0 Å². The Bertz CT molecular complexity index is 942. The molecular formula is C19H13FN2O3S2. The van der Waals surface area contributed by atoms with E-state index in [2.05, 4.69) is 0 Å². The first-order valence-electron chi connectivity index (χ1n) is 8.55. The van der Waals surface area contributed by atoms with Gasteiger partial charge in [-0.05, 0) is 54.2 Å². The highest BCUT2D eigenvalue weighted by molar-refractivity contribution is 8.26. The number of hydrogen-bond donors (Lipinski definition) is 0. The summed E-state index contributed by atoms with van der Waals surface area (Å²) < 4.78 is 13.2. The zero-order valence-corrected chi connectivity index (χ0v) is 15.5. The molecule has 0 spiro atoms. The number of carbonyl (C=O) groups is 3. The van der Waals surface area contributed by atoms with Crippen LogP contribution in [0.5, 0.6) is 0 Å². The third kappa shape index (κ3) is 2.36. The molecule has 0 unspecified atom stereocenters. The molecule has 1 aromatic rings. The van der Waals surface area contributed by atoms with Crippen LogP contribution in [0.1, 0.15) is 12.0 Å². The number of allylic oxidation sites excluding steroid dienone is 2. The van der Waals surface area contributed by atoms with Gasteiger partial charge in [-0.1, -0.05) is 36.0 Å². The molecule has 2 bridgehead atoms. The molecule has 136 valence electrons. The van der Waals surface area contributed by atoms with Crippen molar-refractivity contribution in [2.45, 2.75) is 6.42 Å². The summed E-state index contributed by atoms with van der Waals surface area (Å²) in [5.74, 6) is -2.22. The fraction of sp³-hybridized carbons (Fsp3) is 0.263. The topological polar surface area (TPSA) is 57.7 Å². The summed E-state index contributed by atoms with van der Waals surface area (Å²) in [7, 11) is 0. The molecule has 4 atom stereocenters. The van der Waals surface area contributed by atoms with Gasteiger partial charge < -0.3 is 0 Å². The normalized spacial score (nSPS) is 33.1. The molecule has 8 heteroatoms. The molecule has 0 radical (unpaired) electrons. The molecule has 5 rings (SSSR count). The van der Waals surface area contributed by atoms with Crippen molar-refractivity contribution in [1.29, 1.82) is 0 Å². The third-order valence-electron chi connectivity index (χ3n) is 5.59. The van der Waals surface area contributed by atoms with Crippen molar-refractivity contribution in [3.8, 4) is 0 Å². The first kappa shape index (κ1) is 16.8. The average Bonchev–Trinajstić information content (AvgIpc) is 3.37. The fourth-order valence-electron chi connectivity index (χ4n) is 4.43. The number of rotatable bonds is 2. The summed E-state index contributed by atoms with van der Waals surface area (Å²) in [5, 5.41) is 1.97. The van der Waals surface area contributed by atoms with Gasteiger partial charge in [0.1, 0.15) is 5.82 Å². The number of hydrazine groups is 1. The lowest BCUT2D eigenvalue weighted by Gasteiger charge is -2.25. The van der Waals surface area contributed by atoms with E-state index in [9.17, 15) is 18.8 Å². The minimum absolute atomic E-state index is 0.0645. The zero-order valence-electron chi connectivity index (χ0n) is 13.9. The number of thiocarbonyl (C=S) groups is 1. The van der Waals surface area contributed by atoms with Crippen molar-refractivity contribution in [3.63, 3.8) is 0 Å². The molecule has 1 aromatic carbocycles.